The van der Waals surface area contributed by atoms with Crippen molar-refractivity contribution in [2.24, 2.45) is 0 Å². The number of alkyl halides is 3. The van der Waals surface area contributed by atoms with Gasteiger partial charge in [-0.3, -0.25) is 0 Å². The summed E-state index contributed by atoms with van der Waals surface area (Å²) in [6.07, 6.45) is -4.94. The average molecular weight is 229 g/mol. The van der Waals surface area contributed by atoms with Crippen LogP contribution in [-0.2, 0) is 0 Å². The van der Waals surface area contributed by atoms with Gasteiger partial charge in [-0.1, -0.05) is 11.6 Å². The van der Waals surface area contributed by atoms with Gasteiger partial charge in [0.2, 0.25) is 0 Å². The van der Waals surface area contributed by atoms with E-state index in [2.05, 4.69) is 4.74 Å². The molecule has 0 N–H and O–H groups in total. The zero-order valence-electron chi connectivity index (χ0n) is 6.95. The van der Waals surface area contributed by atoms with Crippen molar-refractivity contribution in [3.8, 4) is 5.75 Å². The second-order valence-electron chi connectivity index (χ2n) is 2.61. The van der Waals surface area contributed by atoms with E-state index in [1.54, 1.807) is 0 Å². The number of halogens is 5. The molecular weight excluding hydrogens is 224 g/mol. The zero-order valence-corrected chi connectivity index (χ0v) is 7.71. The third-order valence-corrected chi connectivity index (χ3v) is 1.64. The number of hydrogen-bond acceptors (Lipinski definition) is 1. The number of hydrogen-bond donors (Lipinski definition) is 0. The molecule has 0 spiro atoms. The van der Waals surface area contributed by atoms with Crippen LogP contribution in [0.4, 0.5) is 17.6 Å². The van der Waals surface area contributed by atoms with Crippen molar-refractivity contribution >= 4 is 11.6 Å². The van der Waals surface area contributed by atoms with Crippen molar-refractivity contribution in [2.45, 2.75) is 13.3 Å². The second kappa shape index (κ2) is 3.65. The molecule has 14 heavy (non-hydrogen) atoms. The Balaban J connectivity index is 3.09. The molecule has 0 amide bonds. The fourth-order valence-electron chi connectivity index (χ4n) is 0.900. The van der Waals surface area contributed by atoms with Crippen LogP contribution >= 0.6 is 11.6 Å². The van der Waals surface area contributed by atoms with E-state index in [-0.39, 0.29) is 0 Å². The van der Waals surface area contributed by atoms with E-state index in [0.717, 1.165) is 6.07 Å². The maximum Gasteiger partial charge on any atom is 0.573 e. The molecule has 0 atom stereocenters. The van der Waals surface area contributed by atoms with E-state index in [4.69, 9.17) is 11.6 Å². The Morgan fingerprint density at radius 1 is 1.29 bits per heavy atom. The summed E-state index contributed by atoms with van der Waals surface area (Å²) < 4.78 is 51.6. The van der Waals surface area contributed by atoms with Crippen LogP contribution in [0.15, 0.2) is 12.1 Å². The molecule has 0 aliphatic rings. The lowest BCUT2D eigenvalue weighted by molar-refractivity contribution is -0.275. The van der Waals surface area contributed by atoms with Crippen molar-refractivity contribution < 1.29 is 22.3 Å². The van der Waals surface area contributed by atoms with Crippen LogP contribution < -0.4 is 4.74 Å². The third-order valence-electron chi connectivity index (χ3n) is 1.36. The first-order valence-corrected chi connectivity index (χ1v) is 3.89. The van der Waals surface area contributed by atoms with Crippen LogP contribution in [0, 0.1) is 12.7 Å². The molecule has 0 heterocycles. The van der Waals surface area contributed by atoms with E-state index < -0.39 is 23.0 Å². The van der Waals surface area contributed by atoms with Gasteiger partial charge in [0.25, 0.3) is 0 Å². The minimum absolute atomic E-state index is 0.403. The van der Waals surface area contributed by atoms with E-state index in [1.165, 1.54) is 13.0 Å². The molecule has 0 fully saturated rings. The first kappa shape index (κ1) is 11.1. The number of ether oxygens (including phenoxy) is 1. The molecule has 0 saturated carbocycles. The number of rotatable bonds is 1. The highest BCUT2D eigenvalue weighted by atomic mass is 35.5. The highest BCUT2D eigenvalue weighted by Crippen LogP contribution is 2.33. The number of aryl methyl sites for hydroxylation is 1. The lowest BCUT2D eigenvalue weighted by Gasteiger charge is -2.11. The minimum atomic E-state index is -4.94. The Labute approximate surface area is 82.2 Å². The predicted octanol–water partition coefficient (Wildman–Crippen LogP) is 3.69. The molecule has 0 saturated heterocycles. The van der Waals surface area contributed by atoms with Crippen molar-refractivity contribution in [3.63, 3.8) is 0 Å². The summed E-state index contributed by atoms with van der Waals surface area (Å²) in [5.74, 6) is -2.13. The zero-order chi connectivity index (χ0) is 10.9. The van der Waals surface area contributed by atoms with Crippen molar-refractivity contribution in [3.05, 3.63) is 28.5 Å². The summed E-state index contributed by atoms with van der Waals surface area (Å²) in [6.45, 7) is 1.51. The van der Waals surface area contributed by atoms with Crippen molar-refractivity contribution in [1.82, 2.24) is 0 Å². The Bertz CT molecular complexity index is 325. The molecule has 0 aliphatic heterocycles. The van der Waals surface area contributed by atoms with Gasteiger partial charge < -0.3 is 4.74 Å². The molecular formula is C8H5ClF4O. The first-order valence-electron chi connectivity index (χ1n) is 3.51. The van der Waals surface area contributed by atoms with E-state index in [1.807, 2.05) is 0 Å². The van der Waals surface area contributed by atoms with Gasteiger partial charge in [0.15, 0.2) is 11.6 Å². The van der Waals surface area contributed by atoms with Gasteiger partial charge in [0.05, 0.1) is 5.02 Å². The van der Waals surface area contributed by atoms with E-state index in [9.17, 15) is 17.6 Å². The summed E-state index contributed by atoms with van der Waals surface area (Å²) in [4.78, 5) is 0. The molecule has 0 unspecified atom stereocenters. The lowest BCUT2D eigenvalue weighted by atomic mass is 10.2. The topological polar surface area (TPSA) is 9.23 Å². The Kier molecular flexibility index (Phi) is 2.89. The van der Waals surface area contributed by atoms with Crippen LogP contribution in [0.5, 0.6) is 5.75 Å². The van der Waals surface area contributed by atoms with Crippen LogP contribution in [0.1, 0.15) is 5.56 Å². The SMILES string of the molecule is Cc1cc(F)c(OC(F)(F)F)c(Cl)c1. The molecule has 1 nitrogen and oxygen atoms in total. The fourth-order valence-corrected chi connectivity index (χ4v) is 1.20. The third kappa shape index (κ3) is 2.77. The number of benzene rings is 1. The molecule has 0 bridgehead atoms. The van der Waals surface area contributed by atoms with E-state index >= 15 is 0 Å². The van der Waals surface area contributed by atoms with E-state index in [0.29, 0.717) is 5.56 Å². The van der Waals surface area contributed by atoms with Crippen LogP contribution in [-0.4, -0.2) is 6.36 Å². The summed E-state index contributed by atoms with van der Waals surface area (Å²) in [7, 11) is 0. The first-order chi connectivity index (χ1) is 6.29. The molecule has 78 valence electrons. The minimum Gasteiger partial charge on any atom is -0.401 e. The molecule has 0 radical (unpaired) electrons. The monoisotopic (exact) mass is 228 g/mol. The standard InChI is InChI=1S/C8H5ClF4O/c1-4-2-5(9)7(6(10)3-4)14-8(11,12)13/h2-3H,1H3. The van der Waals surface area contributed by atoms with Gasteiger partial charge in [0.1, 0.15) is 0 Å². The maximum atomic E-state index is 12.9. The van der Waals surface area contributed by atoms with Gasteiger partial charge in [-0.2, -0.15) is 0 Å². The molecule has 6 heteroatoms. The van der Waals surface area contributed by atoms with Gasteiger partial charge in [-0.25, -0.2) is 4.39 Å². The van der Waals surface area contributed by atoms with Crippen LogP contribution in [0.25, 0.3) is 0 Å². The second-order valence-corrected chi connectivity index (χ2v) is 3.01. The molecule has 0 aliphatic carbocycles. The Morgan fingerprint density at radius 3 is 2.29 bits per heavy atom. The largest absolute Gasteiger partial charge is 0.573 e. The summed E-state index contributed by atoms with van der Waals surface area (Å²) in [5.41, 5.74) is 0.419. The normalized spacial score (nSPS) is 11.6. The van der Waals surface area contributed by atoms with Crippen LogP contribution in [0.2, 0.25) is 5.02 Å². The predicted molar refractivity (Wildman–Crippen MR) is 42.8 cm³/mol. The van der Waals surface area contributed by atoms with Gasteiger partial charge >= 0.3 is 6.36 Å². The van der Waals surface area contributed by atoms with Gasteiger partial charge in [-0.15, -0.1) is 13.2 Å². The smallest absolute Gasteiger partial charge is 0.401 e. The lowest BCUT2D eigenvalue weighted by Crippen LogP contribution is -2.18. The fraction of sp³-hybridized carbons (Fsp3) is 0.250. The van der Waals surface area contributed by atoms with Crippen molar-refractivity contribution in [1.29, 1.82) is 0 Å². The maximum absolute atomic E-state index is 12.9. The Morgan fingerprint density at radius 2 is 1.86 bits per heavy atom. The summed E-state index contributed by atoms with van der Waals surface area (Å²) in [6, 6.07) is 2.10. The summed E-state index contributed by atoms with van der Waals surface area (Å²) in [5, 5.41) is -0.403. The molecule has 0 aromatic heterocycles. The quantitative estimate of drug-likeness (QED) is 0.666. The molecule has 1 aromatic carbocycles. The average Bonchev–Trinajstić information content (AvgIpc) is 1.95. The summed E-state index contributed by atoms with van der Waals surface area (Å²) >= 11 is 5.38. The molecule has 1 rings (SSSR count). The Hall–Kier alpha value is -0.970. The van der Waals surface area contributed by atoms with Gasteiger partial charge in [-0.05, 0) is 24.6 Å². The highest BCUT2D eigenvalue weighted by molar-refractivity contribution is 6.32. The molecule has 1 aromatic rings. The van der Waals surface area contributed by atoms with Crippen LogP contribution in [0.3, 0.4) is 0 Å². The van der Waals surface area contributed by atoms with Crippen molar-refractivity contribution in [2.75, 3.05) is 0 Å². The highest BCUT2D eigenvalue weighted by Gasteiger charge is 2.33. The van der Waals surface area contributed by atoms with Gasteiger partial charge in [0, 0.05) is 0 Å².